The second kappa shape index (κ2) is 3.87. The molecule has 2 aliphatic rings. The van der Waals surface area contributed by atoms with Crippen LogP contribution < -0.4 is 10.6 Å². The van der Waals surface area contributed by atoms with E-state index in [4.69, 9.17) is 0 Å². The van der Waals surface area contributed by atoms with E-state index in [0.29, 0.717) is 19.0 Å². The van der Waals surface area contributed by atoms with Crippen LogP contribution in [0.2, 0.25) is 0 Å². The highest BCUT2D eigenvalue weighted by atomic mass is 16.3. The van der Waals surface area contributed by atoms with Gasteiger partial charge in [-0.2, -0.15) is 0 Å². The molecule has 1 heterocycles. The molecule has 14 heavy (non-hydrogen) atoms. The van der Waals surface area contributed by atoms with Gasteiger partial charge in [-0.25, -0.2) is 0 Å². The van der Waals surface area contributed by atoms with E-state index in [-0.39, 0.29) is 5.91 Å². The van der Waals surface area contributed by atoms with Crippen LogP contribution in [0.1, 0.15) is 32.1 Å². The van der Waals surface area contributed by atoms with Crippen LogP contribution in [0.4, 0.5) is 0 Å². The SMILES string of the molecule is O=C(NC1CCCC1)C1(O)CCNC1. The zero-order valence-electron chi connectivity index (χ0n) is 8.38. The molecular weight excluding hydrogens is 180 g/mol. The van der Waals surface area contributed by atoms with Crippen LogP contribution in [-0.2, 0) is 4.79 Å². The molecule has 1 unspecified atom stereocenters. The largest absolute Gasteiger partial charge is 0.379 e. The topological polar surface area (TPSA) is 61.4 Å². The predicted octanol–water partition coefficient (Wildman–Crippen LogP) is -0.230. The summed E-state index contributed by atoms with van der Waals surface area (Å²) >= 11 is 0. The molecule has 2 rings (SSSR count). The summed E-state index contributed by atoms with van der Waals surface area (Å²) in [6, 6.07) is 0.298. The van der Waals surface area contributed by atoms with Gasteiger partial charge in [0, 0.05) is 12.6 Å². The van der Waals surface area contributed by atoms with Crippen LogP contribution in [0, 0.1) is 0 Å². The van der Waals surface area contributed by atoms with Crippen LogP contribution in [0.25, 0.3) is 0 Å². The summed E-state index contributed by atoms with van der Waals surface area (Å²) in [5, 5.41) is 15.9. The van der Waals surface area contributed by atoms with E-state index in [1.54, 1.807) is 0 Å². The molecule has 0 spiro atoms. The number of β-amino-alcohol motifs (C(OH)–C–C–N with tert-alkyl or cyclic N) is 1. The van der Waals surface area contributed by atoms with Crippen LogP contribution in [0.5, 0.6) is 0 Å². The number of carbonyl (C=O) groups is 1. The zero-order valence-corrected chi connectivity index (χ0v) is 8.38. The number of rotatable bonds is 2. The molecule has 2 fully saturated rings. The van der Waals surface area contributed by atoms with E-state index >= 15 is 0 Å². The smallest absolute Gasteiger partial charge is 0.253 e. The summed E-state index contributed by atoms with van der Waals surface area (Å²) in [6.45, 7) is 1.13. The third-order valence-corrected chi connectivity index (χ3v) is 3.25. The van der Waals surface area contributed by atoms with Crippen molar-refractivity contribution in [2.24, 2.45) is 0 Å². The van der Waals surface area contributed by atoms with Gasteiger partial charge in [-0.15, -0.1) is 0 Å². The van der Waals surface area contributed by atoms with Crippen molar-refractivity contribution in [1.82, 2.24) is 10.6 Å². The molecule has 0 bridgehead atoms. The van der Waals surface area contributed by atoms with Gasteiger partial charge < -0.3 is 15.7 Å². The number of nitrogens with one attached hydrogen (secondary N) is 2. The number of aliphatic hydroxyl groups is 1. The molecule has 0 aromatic rings. The Hall–Kier alpha value is -0.610. The molecule has 4 nitrogen and oxygen atoms in total. The van der Waals surface area contributed by atoms with Gasteiger partial charge in [0.15, 0.2) is 5.60 Å². The molecule has 1 atom stereocenters. The van der Waals surface area contributed by atoms with Crippen molar-refractivity contribution < 1.29 is 9.90 Å². The highest BCUT2D eigenvalue weighted by Crippen LogP contribution is 2.20. The van der Waals surface area contributed by atoms with E-state index in [9.17, 15) is 9.90 Å². The van der Waals surface area contributed by atoms with Crippen molar-refractivity contribution in [2.75, 3.05) is 13.1 Å². The molecule has 1 amide bonds. The first kappa shape index (κ1) is 9.93. The molecule has 4 heteroatoms. The number of carbonyl (C=O) groups excluding carboxylic acids is 1. The monoisotopic (exact) mass is 198 g/mol. The molecule has 80 valence electrons. The van der Waals surface area contributed by atoms with Gasteiger partial charge in [-0.1, -0.05) is 12.8 Å². The molecule has 0 radical (unpaired) electrons. The summed E-state index contributed by atoms with van der Waals surface area (Å²) in [7, 11) is 0. The molecule has 1 aliphatic heterocycles. The summed E-state index contributed by atoms with van der Waals surface area (Å²) in [5.41, 5.74) is -1.15. The summed E-state index contributed by atoms with van der Waals surface area (Å²) < 4.78 is 0. The predicted molar refractivity (Wildman–Crippen MR) is 52.8 cm³/mol. The lowest BCUT2D eigenvalue weighted by Crippen LogP contribution is -2.50. The first-order chi connectivity index (χ1) is 6.71. The van der Waals surface area contributed by atoms with Gasteiger partial charge >= 0.3 is 0 Å². The Bertz CT molecular complexity index is 218. The molecule has 3 N–H and O–H groups in total. The standard InChI is InChI=1S/C10H18N2O2/c13-9(10(14)5-6-11-7-10)12-8-3-1-2-4-8/h8,11,14H,1-7H2,(H,12,13). The second-order valence-corrected chi connectivity index (χ2v) is 4.41. The minimum Gasteiger partial charge on any atom is -0.379 e. The molecule has 0 aromatic heterocycles. The van der Waals surface area contributed by atoms with Crippen molar-refractivity contribution in [3.8, 4) is 0 Å². The average Bonchev–Trinajstić information content (AvgIpc) is 2.76. The van der Waals surface area contributed by atoms with E-state index in [2.05, 4.69) is 10.6 Å². The minimum atomic E-state index is -1.15. The van der Waals surface area contributed by atoms with Crippen molar-refractivity contribution in [1.29, 1.82) is 0 Å². The Kier molecular flexibility index (Phi) is 2.74. The highest BCUT2D eigenvalue weighted by Gasteiger charge is 2.39. The first-order valence-electron chi connectivity index (χ1n) is 5.45. The van der Waals surface area contributed by atoms with Gasteiger partial charge in [0.1, 0.15) is 0 Å². The Balaban J connectivity index is 1.87. The summed E-state index contributed by atoms with van der Waals surface area (Å²) in [6.07, 6.45) is 5.05. The zero-order chi connectivity index (χ0) is 10.0. The van der Waals surface area contributed by atoms with E-state index in [1.165, 1.54) is 12.8 Å². The van der Waals surface area contributed by atoms with Crippen molar-refractivity contribution in [2.45, 2.75) is 43.7 Å². The minimum absolute atomic E-state index is 0.186. The van der Waals surface area contributed by atoms with E-state index in [1.807, 2.05) is 0 Å². The lowest BCUT2D eigenvalue weighted by Gasteiger charge is -2.22. The summed E-state index contributed by atoms with van der Waals surface area (Å²) in [4.78, 5) is 11.7. The number of hydrogen-bond acceptors (Lipinski definition) is 3. The van der Waals surface area contributed by atoms with Crippen LogP contribution in [0.15, 0.2) is 0 Å². The molecule has 1 aliphatic carbocycles. The van der Waals surface area contributed by atoms with Gasteiger partial charge in [0.05, 0.1) is 0 Å². The van der Waals surface area contributed by atoms with Crippen molar-refractivity contribution in [3.05, 3.63) is 0 Å². The Labute approximate surface area is 84.1 Å². The Morgan fingerprint density at radius 2 is 2.14 bits per heavy atom. The van der Waals surface area contributed by atoms with Crippen molar-refractivity contribution in [3.63, 3.8) is 0 Å². The Morgan fingerprint density at radius 1 is 1.43 bits per heavy atom. The third kappa shape index (κ3) is 1.91. The number of hydrogen-bond donors (Lipinski definition) is 3. The van der Waals surface area contributed by atoms with Gasteiger partial charge in [-0.05, 0) is 25.8 Å². The lowest BCUT2D eigenvalue weighted by atomic mass is 10.0. The lowest BCUT2D eigenvalue weighted by molar-refractivity contribution is -0.138. The van der Waals surface area contributed by atoms with Gasteiger partial charge in [0.2, 0.25) is 0 Å². The van der Waals surface area contributed by atoms with E-state index < -0.39 is 5.60 Å². The fourth-order valence-corrected chi connectivity index (χ4v) is 2.26. The fourth-order valence-electron chi connectivity index (χ4n) is 2.26. The average molecular weight is 198 g/mol. The Morgan fingerprint density at radius 3 is 2.71 bits per heavy atom. The maximum Gasteiger partial charge on any atom is 0.253 e. The fraction of sp³-hybridized carbons (Fsp3) is 0.900. The molecule has 0 aromatic carbocycles. The normalized spacial score (nSPS) is 33.5. The third-order valence-electron chi connectivity index (χ3n) is 3.25. The molecule has 1 saturated heterocycles. The second-order valence-electron chi connectivity index (χ2n) is 4.41. The van der Waals surface area contributed by atoms with Gasteiger partial charge in [-0.3, -0.25) is 4.79 Å². The number of amides is 1. The maximum atomic E-state index is 11.7. The molecule has 1 saturated carbocycles. The van der Waals surface area contributed by atoms with Gasteiger partial charge in [0.25, 0.3) is 5.91 Å². The maximum absolute atomic E-state index is 11.7. The van der Waals surface area contributed by atoms with E-state index in [0.717, 1.165) is 19.4 Å². The first-order valence-corrected chi connectivity index (χ1v) is 5.45. The van der Waals surface area contributed by atoms with Crippen LogP contribution in [0.3, 0.4) is 0 Å². The quantitative estimate of drug-likeness (QED) is 0.574. The molecular formula is C10H18N2O2. The van der Waals surface area contributed by atoms with Crippen molar-refractivity contribution >= 4 is 5.91 Å². The van der Waals surface area contributed by atoms with Crippen LogP contribution >= 0.6 is 0 Å². The van der Waals surface area contributed by atoms with Crippen LogP contribution in [-0.4, -0.2) is 35.7 Å². The summed E-state index contributed by atoms with van der Waals surface area (Å²) in [5.74, 6) is -0.186. The highest BCUT2D eigenvalue weighted by molar-refractivity contribution is 5.85.